The van der Waals surface area contributed by atoms with Crippen molar-refractivity contribution in [1.29, 1.82) is 0 Å². The predicted octanol–water partition coefficient (Wildman–Crippen LogP) is 2.70. The third-order valence-electron chi connectivity index (χ3n) is 4.89. The largest absolute Gasteiger partial charge is 0.393 e. The molecule has 6 nitrogen and oxygen atoms in total. The third-order valence-corrected chi connectivity index (χ3v) is 6.25. The number of rotatable bonds is 4. The van der Waals surface area contributed by atoms with Crippen molar-refractivity contribution in [1.82, 2.24) is 4.90 Å². The monoisotopic (exact) mass is 388 g/mol. The summed E-state index contributed by atoms with van der Waals surface area (Å²) < 4.78 is 28.2. The van der Waals surface area contributed by atoms with Crippen molar-refractivity contribution < 1.29 is 18.3 Å². The maximum atomic E-state index is 12.8. The fraction of sp³-hybridized carbons (Fsp3) is 0.350. The maximum Gasteiger partial charge on any atom is 0.261 e. The molecule has 7 heteroatoms. The van der Waals surface area contributed by atoms with Crippen molar-refractivity contribution in [2.45, 2.75) is 37.7 Å². The zero-order chi connectivity index (χ0) is 19.6. The van der Waals surface area contributed by atoms with E-state index in [1.165, 1.54) is 12.1 Å². The molecule has 1 aliphatic rings. The van der Waals surface area contributed by atoms with Crippen LogP contribution in [0, 0.1) is 13.8 Å². The number of piperidine rings is 1. The van der Waals surface area contributed by atoms with Gasteiger partial charge in [-0.15, -0.1) is 0 Å². The minimum Gasteiger partial charge on any atom is -0.393 e. The maximum absolute atomic E-state index is 12.8. The first-order valence-electron chi connectivity index (χ1n) is 8.94. The van der Waals surface area contributed by atoms with E-state index in [0.29, 0.717) is 37.2 Å². The van der Waals surface area contributed by atoms with Gasteiger partial charge >= 0.3 is 0 Å². The van der Waals surface area contributed by atoms with Gasteiger partial charge in [-0.1, -0.05) is 24.3 Å². The number of nitrogens with zero attached hydrogens (tertiary/aromatic N) is 1. The average molecular weight is 388 g/mol. The summed E-state index contributed by atoms with van der Waals surface area (Å²) in [5.41, 5.74) is 2.42. The number of hydrogen-bond acceptors (Lipinski definition) is 4. The normalized spacial score (nSPS) is 15.6. The Morgan fingerprint density at radius 2 is 1.74 bits per heavy atom. The molecule has 3 rings (SSSR count). The van der Waals surface area contributed by atoms with E-state index in [4.69, 9.17) is 0 Å². The van der Waals surface area contributed by atoms with Crippen molar-refractivity contribution in [2.24, 2.45) is 0 Å². The van der Waals surface area contributed by atoms with E-state index >= 15 is 0 Å². The van der Waals surface area contributed by atoms with E-state index in [-0.39, 0.29) is 16.9 Å². The molecule has 1 heterocycles. The lowest BCUT2D eigenvalue weighted by atomic mass is 10.0. The van der Waals surface area contributed by atoms with Crippen LogP contribution in [0.5, 0.6) is 0 Å². The molecule has 1 aliphatic heterocycles. The molecule has 27 heavy (non-hydrogen) atoms. The summed E-state index contributed by atoms with van der Waals surface area (Å²) >= 11 is 0. The number of aliphatic hydroxyl groups excluding tert-OH is 1. The fourth-order valence-electron chi connectivity index (χ4n) is 3.13. The van der Waals surface area contributed by atoms with Crippen LogP contribution in [0.1, 0.15) is 34.3 Å². The Hall–Kier alpha value is -2.38. The number of carbonyl (C=O) groups excluding carboxylic acids is 1. The van der Waals surface area contributed by atoms with Gasteiger partial charge in [0, 0.05) is 18.7 Å². The number of carbonyl (C=O) groups is 1. The zero-order valence-electron chi connectivity index (χ0n) is 15.5. The summed E-state index contributed by atoms with van der Waals surface area (Å²) in [5, 5.41) is 9.62. The van der Waals surface area contributed by atoms with Crippen LogP contribution >= 0.6 is 0 Å². The van der Waals surface area contributed by atoms with E-state index < -0.39 is 10.0 Å². The van der Waals surface area contributed by atoms with Crippen molar-refractivity contribution in [3.63, 3.8) is 0 Å². The lowest BCUT2D eigenvalue weighted by molar-refractivity contribution is 0.0545. The number of sulfonamides is 1. The quantitative estimate of drug-likeness (QED) is 0.843. The van der Waals surface area contributed by atoms with Crippen LogP contribution in [0.4, 0.5) is 5.69 Å². The zero-order valence-corrected chi connectivity index (χ0v) is 16.3. The van der Waals surface area contributed by atoms with Crippen LogP contribution in [0.2, 0.25) is 0 Å². The van der Waals surface area contributed by atoms with Gasteiger partial charge in [-0.25, -0.2) is 8.42 Å². The third kappa shape index (κ3) is 4.31. The highest BCUT2D eigenvalue weighted by Gasteiger charge is 2.25. The topological polar surface area (TPSA) is 86.7 Å². The molecule has 0 bridgehead atoms. The number of para-hydroxylation sites is 1. The highest BCUT2D eigenvalue weighted by Crippen LogP contribution is 2.23. The van der Waals surface area contributed by atoms with E-state index in [1.54, 1.807) is 30.0 Å². The van der Waals surface area contributed by atoms with Crippen LogP contribution in [0.25, 0.3) is 0 Å². The van der Waals surface area contributed by atoms with Gasteiger partial charge in [0.05, 0.1) is 16.7 Å². The molecule has 0 unspecified atom stereocenters. The Morgan fingerprint density at radius 3 is 2.41 bits per heavy atom. The van der Waals surface area contributed by atoms with Gasteiger partial charge in [-0.2, -0.15) is 0 Å². The molecule has 0 saturated carbocycles. The average Bonchev–Trinajstić information content (AvgIpc) is 2.64. The number of aliphatic hydroxyl groups is 1. The molecule has 0 aliphatic carbocycles. The number of amides is 1. The van der Waals surface area contributed by atoms with Crippen LogP contribution in [0.15, 0.2) is 47.4 Å². The SMILES string of the molecule is Cc1ccccc1NS(=O)(=O)c1ccc(C)c(C(=O)N2CCC(O)CC2)c1. The number of aryl methyl sites for hydroxylation is 2. The molecule has 0 atom stereocenters. The standard InChI is InChI=1S/C20H24N2O4S/c1-14-7-8-17(27(25,26)21-19-6-4-3-5-15(19)2)13-18(14)20(24)22-11-9-16(23)10-12-22/h3-8,13,16,21,23H,9-12H2,1-2H3. The Bertz CT molecular complexity index is 948. The summed E-state index contributed by atoms with van der Waals surface area (Å²) in [5.74, 6) is -0.202. The summed E-state index contributed by atoms with van der Waals surface area (Å²) in [6.07, 6.45) is 0.704. The highest BCUT2D eigenvalue weighted by atomic mass is 32.2. The van der Waals surface area contributed by atoms with Crippen LogP contribution in [-0.4, -0.2) is 43.5 Å². The number of benzene rings is 2. The number of anilines is 1. The summed E-state index contributed by atoms with van der Waals surface area (Å²) in [6.45, 7) is 4.56. The van der Waals surface area contributed by atoms with Gasteiger partial charge in [0.15, 0.2) is 0 Å². The molecular formula is C20H24N2O4S. The van der Waals surface area contributed by atoms with Gasteiger partial charge in [-0.05, 0) is 56.0 Å². The van der Waals surface area contributed by atoms with Gasteiger partial charge in [0.2, 0.25) is 0 Å². The minimum absolute atomic E-state index is 0.0525. The molecule has 0 aromatic heterocycles. The second-order valence-electron chi connectivity index (χ2n) is 6.92. The van der Waals surface area contributed by atoms with Crippen molar-refractivity contribution >= 4 is 21.6 Å². The lowest BCUT2D eigenvalue weighted by Gasteiger charge is -2.30. The van der Waals surface area contributed by atoms with Gasteiger partial charge in [-0.3, -0.25) is 9.52 Å². The van der Waals surface area contributed by atoms with Crippen LogP contribution in [0.3, 0.4) is 0 Å². The smallest absolute Gasteiger partial charge is 0.261 e. The Morgan fingerprint density at radius 1 is 1.07 bits per heavy atom. The predicted molar refractivity (Wildman–Crippen MR) is 104 cm³/mol. The summed E-state index contributed by atoms with van der Waals surface area (Å²) in [4.78, 5) is 14.6. The van der Waals surface area contributed by atoms with Gasteiger partial charge in [0.1, 0.15) is 0 Å². The second-order valence-corrected chi connectivity index (χ2v) is 8.60. The number of hydrogen-bond donors (Lipinski definition) is 2. The molecule has 2 aromatic rings. The van der Waals surface area contributed by atoms with E-state index in [9.17, 15) is 18.3 Å². The fourth-order valence-corrected chi connectivity index (χ4v) is 4.29. The first kappa shape index (κ1) is 19.4. The summed E-state index contributed by atoms with van der Waals surface area (Å²) in [6, 6.07) is 11.7. The molecule has 0 spiro atoms. The summed E-state index contributed by atoms with van der Waals surface area (Å²) in [7, 11) is -3.81. The molecule has 1 saturated heterocycles. The van der Waals surface area contributed by atoms with Crippen molar-refractivity contribution in [2.75, 3.05) is 17.8 Å². The molecule has 1 amide bonds. The molecule has 1 fully saturated rings. The van der Waals surface area contributed by atoms with Crippen molar-refractivity contribution in [3.8, 4) is 0 Å². The molecule has 2 aromatic carbocycles. The van der Waals surface area contributed by atoms with Crippen LogP contribution in [-0.2, 0) is 10.0 Å². The highest BCUT2D eigenvalue weighted by molar-refractivity contribution is 7.92. The Kier molecular flexibility index (Phi) is 5.53. The Labute approximate surface area is 159 Å². The number of likely N-dealkylation sites (tertiary alicyclic amines) is 1. The minimum atomic E-state index is -3.81. The van der Waals surface area contributed by atoms with Crippen molar-refractivity contribution in [3.05, 3.63) is 59.2 Å². The van der Waals surface area contributed by atoms with Gasteiger partial charge < -0.3 is 10.0 Å². The Balaban J connectivity index is 1.88. The molecule has 0 radical (unpaired) electrons. The second kappa shape index (κ2) is 7.70. The molecule has 144 valence electrons. The number of nitrogens with one attached hydrogen (secondary N) is 1. The lowest BCUT2D eigenvalue weighted by Crippen LogP contribution is -2.40. The first-order valence-corrected chi connectivity index (χ1v) is 10.4. The van der Waals surface area contributed by atoms with E-state index in [1.807, 2.05) is 19.1 Å². The molecule has 2 N–H and O–H groups in total. The first-order chi connectivity index (χ1) is 12.8. The van der Waals surface area contributed by atoms with Crippen LogP contribution < -0.4 is 4.72 Å². The van der Waals surface area contributed by atoms with Gasteiger partial charge in [0.25, 0.3) is 15.9 Å². The molecular weight excluding hydrogens is 364 g/mol. The van der Waals surface area contributed by atoms with E-state index in [2.05, 4.69) is 4.72 Å². The van der Waals surface area contributed by atoms with E-state index in [0.717, 1.165) is 11.1 Å².